The minimum Gasteiger partial charge on any atom is -0.368 e. The van der Waals surface area contributed by atoms with E-state index in [-0.39, 0.29) is 0 Å². The number of hydrogen-bond acceptors (Lipinski definition) is 4. The van der Waals surface area contributed by atoms with Gasteiger partial charge in [0.1, 0.15) is 0 Å². The summed E-state index contributed by atoms with van der Waals surface area (Å²) >= 11 is 0. The fraction of sp³-hybridized carbons (Fsp3) is 0.500. The summed E-state index contributed by atoms with van der Waals surface area (Å²) < 4.78 is 0. The first-order valence-corrected chi connectivity index (χ1v) is 7.42. The van der Waals surface area contributed by atoms with Gasteiger partial charge in [-0.1, -0.05) is 24.3 Å². The lowest BCUT2D eigenvalue weighted by molar-refractivity contribution is 0.266. The van der Waals surface area contributed by atoms with Gasteiger partial charge in [-0.15, -0.1) is 5.10 Å². The second-order valence-electron chi connectivity index (χ2n) is 5.90. The molecular weight excluding hydrogens is 248 g/mol. The quantitative estimate of drug-likeness (QED) is 0.927. The Morgan fingerprint density at radius 1 is 1.35 bits per heavy atom. The van der Waals surface area contributed by atoms with Gasteiger partial charge in [-0.25, -0.2) is 0 Å². The predicted octanol–water partition coefficient (Wildman–Crippen LogP) is 2.77. The van der Waals surface area contributed by atoms with Crippen molar-refractivity contribution in [2.24, 2.45) is 5.92 Å². The van der Waals surface area contributed by atoms with E-state index in [9.17, 15) is 0 Å². The van der Waals surface area contributed by atoms with Crippen LogP contribution in [0.2, 0.25) is 0 Å². The van der Waals surface area contributed by atoms with Gasteiger partial charge in [0.25, 0.3) is 0 Å². The van der Waals surface area contributed by atoms with E-state index in [1.54, 1.807) is 0 Å². The van der Waals surface area contributed by atoms with E-state index in [1.807, 2.05) is 18.3 Å². The van der Waals surface area contributed by atoms with Crippen molar-refractivity contribution in [3.05, 3.63) is 30.5 Å². The molecule has 106 valence electrons. The zero-order chi connectivity index (χ0) is 13.9. The third-order valence-electron chi connectivity index (χ3n) is 4.18. The molecule has 0 radical (unpaired) electrons. The maximum atomic E-state index is 4.25. The van der Waals surface area contributed by atoms with Crippen LogP contribution >= 0.6 is 0 Å². The van der Waals surface area contributed by atoms with Crippen molar-refractivity contribution in [1.82, 2.24) is 15.1 Å². The summed E-state index contributed by atoms with van der Waals surface area (Å²) in [5, 5.41) is 14.1. The lowest BCUT2D eigenvalue weighted by Gasteiger charge is -2.20. The highest BCUT2D eigenvalue weighted by atomic mass is 15.2. The molecule has 1 aromatic heterocycles. The second kappa shape index (κ2) is 5.75. The van der Waals surface area contributed by atoms with Gasteiger partial charge in [-0.2, -0.15) is 5.10 Å². The molecule has 3 rings (SSSR count). The molecule has 0 bridgehead atoms. The van der Waals surface area contributed by atoms with Crippen molar-refractivity contribution < 1.29 is 0 Å². The highest BCUT2D eigenvalue weighted by molar-refractivity contribution is 5.90. The van der Waals surface area contributed by atoms with Crippen LogP contribution in [0.3, 0.4) is 0 Å². The lowest BCUT2D eigenvalue weighted by atomic mass is 10.1. The molecule has 1 atom stereocenters. The molecule has 2 heterocycles. The Labute approximate surface area is 120 Å². The summed E-state index contributed by atoms with van der Waals surface area (Å²) in [6, 6.07) is 8.90. The average Bonchev–Trinajstić information content (AvgIpc) is 2.94. The van der Waals surface area contributed by atoms with E-state index in [2.05, 4.69) is 46.4 Å². The van der Waals surface area contributed by atoms with Gasteiger partial charge in [-0.05, 0) is 32.7 Å². The van der Waals surface area contributed by atoms with Crippen LogP contribution in [-0.4, -0.2) is 40.8 Å². The number of nitrogens with one attached hydrogen (secondary N) is 1. The summed E-state index contributed by atoms with van der Waals surface area (Å²) in [6.07, 6.45) is 3.08. The van der Waals surface area contributed by atoms with Crippen molar-refractivity contribution in [2.45, 2.75) is 26.3 Å². The molecule has 1 aliphatic heterocycles. The first kappa shape index (κ1) is 13.3. The van der Waals surface area contributed by atoms with E-state index in [4.69, 9.17) is 0 Å². The molecule has 0 spiro atoms. The third kappa shape index (κ3) is 2.75. The van der Waals surface area contributed by atoms with E-state index < -0.39 is 0 Å². The predicted molar refractivity (Wildman–Crippen MR) is 82.8 cm³/mol. The van der Waals surface area contributed by atoms with E-state index in [0.717, 1.165) is 23.1 Å². The molecule has 0 aliphatic carbocycles. The molecule has 0 amide bonds. The van der Waals surface area contributed by atoms with E-state index in [1.165, 1.54) is 19.5 Å². The Kier molecular flexibility index (Phi) is 3.83. The molecule has 0 saturated carbocycles. The Hall–Kier alpha value is -1.68. The summed E-state index contributed by atoms with van der Waals surface area (Å²) in [4.78, 5) is 2.54. The zero-order valence-electron chi connectivity index (χ0n) is 12.2. The first-order chi connectivity index (χ1) is 9.74. The molecule has 1 fully saturated rings. The van der Waals surface area contributed by atoms with E-state index in [0.29, 0.717) is 12.0 Å². The summed E-state index contributed by atoms with van der Waals surface area (Å²) in [5.74, 6) is 1.62. The van der Waals surface area contributed by atoms with Gasteiger partial charge in [0.05, 0.1) is 6.20 Å². The van der Waals surface area contributed by atoms with Gasteiger partial charge < -0.3 is 10.2 Å². The Bertz CT molecular complexity index is 576. The summed E-state index contributed by atoms with van der Waals surface area (Å²) in [6.45, 7) is 7.91. The minimum atomic E-state index is 0.650. The van der Waals surface area contributed by atoms with Crippen LogP contribution < -0.4 is 5.32 Å². The van der Waals surface area contributed by atoms with E-state index >= 15 is 0 Å². The number of aromatic nitrogens is 2. The van der Waals surface area contributed by atoms with Crippen LogP contribution in [0.25, 0.3) is 10.8 Å². The van der Waals surface area contributed by atoms with Crippen molar-refractivity contribution in [3.63, 3.8) is 0 Å². The molecule has 1 unspecified atom stereocenters. The Morgan fingerprint density at radius 3 is 3.00 bits per heavy atom. The van der Waals surface area contributed by atoms with Crippen LogP contribution in [0, 0.1) is 5.92 Å². The molecule has 4 heteroatoms. The van der Waals surface area contributed by atoms with Crippen LogP contribution in [0.1, 0.15) is 20.3 Å². The topological polar surface area (TPSA) is 41.0 Å². The molecule has 2 aromatic rings. The van der Waals surface area contributed by atoms with Crippen molar-refractivity contribution in [3.8, 4) is 0 Å². The number of anilines is 1. The van der Waals surface area contributed by atoms with Gasteiger partial charge in [-0.3, -0.25) is 0 Å². The van der Waals surface area contributed by atoms with Crippen molar-refractivity contribution in [1.29, 1.82) is 0 Å². The molecule has 1 aliphatic rings. The van der Waals surface area contributed by atoms with Crippen LogP contribution in [0.5, 0.6) is 0 Å². The van der Waals surface area contributed by atoms with Crippen LogP contribution in [0.15, 0.2) is 30.5 Å². The van der Waals surface area contributed by atoms with Gasteiger partial charge in [0, 0.05) is 29.9 Å². The largest absolute Gasteiger partial charge is 0.368 e. The monoisotopic (exact) mass is 270 g/mol. The molecule has 4 nitrogen and oxygen atoms in total. The number of hydrogen-bond donors (Lipinski definition) is 1. The average molecular weight is 270 g/mol. The fourth-order valence-corrected chi connectivity index (χ4v) is 2.90. The van der Waals surface area contributed by atoms with Gasteiger partial charge in [0.15, 0.2) is 5.82 Å². The molecular formula is C16H22N4. The molecule has 20 heavy (non-hydrogen) atoms. The maximum Gasteiger partial charge on any atom is 0.156 e. The van der Waals surface area contributed by atoms with Crippen LogP contribution in [0.4, 0.5) is 5.82 Å². The molecule has 1 saturated heterocycles. The molecule has 1 N–H and O–H groups in total. The number of rotatable bonds is 4. The first-order valence-electron chi connectivity index (χ1n) is 7.42. The number of nitrogens with zero attached hydrogens (tertiary/aromatic N) is 3. The fourth-order valence-electron chi connectivity index (χ4n) is 2.90. The second-order valence-corrected chi connectivity index (χ2v) is 5.90. The number of benzene rings is 1. The summed E-state index contributed by atoms with van der Waals surface area (Å²) in [7, 11) is 0. The Morgan fingerprint density at radius 2 is 2.20 bits per heavy atom. The maximum absolute atomic E-state index is 4.25. The van der Waals surface area contributed by atoms with Gasteiger partial charge in [0.2, 0.25) is 0 Å². The van der Waals surface area contributed by atoms with Gasteiger partial charge >= 0.3 is 0 Å². The highest BCUT2D eigenvalue weighted by Gasteiger charge is 2.24. The smallest absolute Gasteiger partial charge is 0.156 e. The zero-order valence-corrected chi connectivity index (χ0v) is 12.2. The number of likely N-dealkylation sites (tertiary alicyclic amines) is 1. The standard InChI is InChI=1S/C16H22N4/c1-12(2)20-8-7-13(11-20)9-17-16-15-6-4-3-5-14(15)10-18-19-16/h3-6,10,12-13H,7-9,11H2,1-2H3,(H,17,19). The SMILES string of the molecule is CC(C)N1CCC(CNc2nncc3ccccc23)C1. The number of fused-ring (bicyclic) bond motifs is 1. The normalized spacial score (nSPS) is 19.9. The highest BCUT2D eigenvalue weighted by Crippen LogP contribution is 2.22. The van der Waals surface area contributed by atoms with Crippen molar-refractivity contribution >= 4 is 16.6 Å². The Balaban J connectivity index is 1.66. The van der Waals surface area contributed by atoms with Crippen LogP contribution in [-0.2, 0) is 0 Å². The lowest BCUT2D eigenvalue weighted by Crippen LogP contribution is -2.29. The third-order valence-corrected chi connectivity index (χ3v) is 4.18. The minimum absolute atomic E-state index is 0.650. The summed E-state index contributed by atoms with van der Waals surface area (Å²) in [5.41, 5.74) is 0. The molecule has 1 aromatic carbocycles. The van der Waals surface area contributed by atoms with Crippen molar-refractivity contribution in [2.75, 3.05) is 25.0 Å².